The fourth-order valence-corrected chi connectivity index (χ4v) is 5.08. The fraction of sp³-hybridized carbons (Fsp3) is 0.381. The fourth-order valence-electron chi connectivity index (χ4n) is 4.17. The molecule has 2 fully saturated rings. The highest BCUT2D eigenvalue weighted by Gasteiger charge is 2.46. The normalized spacial score (nSPS) is 21.9. The van der Waals surface area contributed by atoms with Crippen molar-refractivity contribution in [3.63, 3.8) is 0 Å². The van der Waals surface area contributed by atoms with Crippen molar-refractivity contribution in [2.45, 2.75) is 19.3 Å². The number of aryl methyl sites for hydroxylation is 1. The largest absolute Gasteiger partial charge is 0.339 e. The lowest BCUT2D eigenvalue weighted by atomic mass is 10.2. The molecule has 4 heterocycles. The van der Waals surface area contributed by atoms with Crippen LogP contribution in [0.5, 0.6) is 0 Å². The number of fused-ring (bicyclic) bond motifs is 1. The average molecular weight is 395 g/mol. The van der Waals surface area contributed by atoms with E-state index in [9.17, 15) is 9.59 Å². The number of aromatic nitrogens is 2. The Bertz CT molecular complexity index is 1030. The van der Waals surface area contributed by atoms with Crippen molar-refractivity contribution in [2.75, 3.05) is 26.2 Å². The van der Waals surface area contributed by atoms with E-state index in [4.69, 9.17) is 0 Å². The third-order valence-electron chi connectivity index (χ3n) is 5.80. The monoisotopic (exact) mass is 394 g/mol. The highest BCUT2D eigenvalue weighted by molar-refractivity contribution is 7.10. The van der Waals surface area contributed by atoms with E-state index in [1.807, 2.05) is 51.6 Å². The van der Waals surface area contributed by atoms with Gasteiger partial charge in [-0.3, -0.25) is 14.0 Å². The van der Waals surface area contributed by atoms with E-state index in [0.717, 1.165) is 17.8 Å². The Labute approximate surface area is 167 Å². The van der Waals surface area contributed by atoms with Crippen LogP contribution in [0.15, 0.2) is 41.9 Å². The first kappa shape index (κ1) is 17.4. The number of carbonyl (C=O) groups is 2. The van der Waals surface area contributed by atoms with Gasteiger partial charge >= 0.3 is 0 Å². The molecule has 2 unspecified atom stereocenters. The van der Waals surface area contributed by atoms with Crippen molar-refractivity contribution in [3.05, 3.63) is 58.2 Å². The number of nitrogens with zero attached hydrogens (tertiary/aromatic N) is 4. The molecule has 1 saturated carbocycles. The van der Waals surface area contributed by atoms with Crippen LogP contribution in [0.2, 0.25) is 0 Å². The Morgan fingerprint density at radius 3 is 2.61 bits per heavy atom. The van der Waals surface area contributed by atoms with Gasteiger partial charge in [0.25, 0.3) is 5.91 Å². The summed E-state index contributed by atoms with van der Waals surface area (Å²) in [6.45, 7) is 4.22. The molecule has 0 N–H and O–H groups in total. The summed E-state index contributed by atoms with van der Waals surface area (Å²) in [5.41, 5.74) is 2.15. The van der Waals surface area contributed by atoms with E-state index >= 15 is 0 Å². The highest BCUT2D eigenvalue weighted by atomic mass is 32.1. The first-order valence-corrected chi connectivity index (χ1v) is 10.6. The maximum atomic E-state index is 13.1. The molecule has 7 heteroatoms. The van der Waals surface area contributed by atoms with E-state index in [1.165, 1.54) is 4.88 Å². The third kappa shape index (κ3) is 2.90. The zero-order valence-corrected chi connectivity index (χ0v) is 16.6. The first-order valence-electron chi connectivity index (χ1n) is 9.68. The minimum Gasteiger partial charge on any atom is -0.339 e. The molecule has 0 radical (unpaired) electrons. The maximum absolute atomic E-state index is 13.1. The van der Waals surface area contributed by atoms with Crippen molar-refractivity contribution in [1.29, 1.82) is 0 Å². The van der Waals surface area contributed by atoms with Crippen molar-refractivity contribution in [2.24, 2.45) is 5.92 Å². The Kier molecular flexibility index (Phi) is 4.19. The van der Waals surface area contributed by atoms with Crippen LogP contribution in [0.3, 0.4) is 0 Å². The molecule has 2 amide bonds. The van der Waals surface area contributed by atoms with Gasteiger partial charge in [0, 0.05) is 49.1 Å². The second kappa shape index (κ2) is 6.74. The van der Waals surface area contributed by atoms with Gasteiger partial charge < -0.3 is 9.80 Å². The lowest BCUT2D eigenvalue weighted by Gasteiger charge is -2.35. The molecule has 1 saturated heterocycles. The summed E-state index contributed by atoms with van der Waals surface area (Å²) in [6, 6.07) is 9.90. The molecule has 144 valence electrons. The molecule has 0 aromatic carbocycles. The molecule has 28 heavy (non-hydrogen) atoms. The molecule has 0 bridgehead atoms. The molecule has 2 atom stereocenters. The van der Waals surface area contributed by atoms with Crippen LogP contribution in [0.25, 0.3) is 5.65 Å². The van der Waals surface area contributed by atoms with E-state index in [-0.39, 0.29) is 17.7 Å². The number of carbonyl (C=O) groups excluding carboxylic acids is 2. The second-order valence-corrected chi connectivity index (χ2v) is 8.54. The lowest BCUT2D eigenvalue weighted by molar-refractivity contribution is -0.134. The lowest BCUT2D eigenvalue weighted by Crippen LogP contribution is -2.51. The van der Waals surface area contributed by atoms with Crippen LogP contribution in [0, 0.1) is 12.8 Å². The van der Waals surface area contributed by atoms with Crippen LogP contribution < -0.4 is 0 Å². The molecule has 5 rings (SSSR count). The van der Waals surface area contributed by atoms with Gasteiger partial charge in [0.05, 0.1) is 5.69 Å². The van der Waals surface area contributed by atoms with Crippen LogP contribution in [-0.2, 0) is 4.79 Å². The molecule has 1 aliphatic heterocycles. The van der Waals surface area contributed by atoms with Gasteiger partial charge in [-0.05, 0) is 36.9 Å². The Hall–Kier alpha value is -2.67. The van der Waals surface area contributed by atoms with E-state index in [1.54, 1.807) is 11.3 Å². The quantitative estimate of drug-likeness (QED) is 0.686. The van der Waals surface area contributed by atoms with E-state index in [2.05, 4.69) is 16.4 Å². The van der Waals surface area contributed by atoms with Gasteiger partial charge in [0.2, 0.25) is 5.91 Å². The summed E-state index contributed by atoms with van der Waals surface area (Å²) in [4.78, 5) is 35.5. The van der Waals surface area contributed by atoms with Crippen molar-refractivity contribution in [1.82, 2.24) is 19.2 Å². The van der Waals surface area contributed by atoms with Gasteiger partial charge in [-0.25, -0.2) is 4.98 Å². The molecular weight excluding hydrogens is 372 g/mol. The van der Waals surface area contributed by atoms with Crippen LogP contribution in [0.1, 0.15) is 33.4 Å². The minimum absolute atomic E-state index is 0.00816. The van der Waals surface area contributed by atoms with Gasteiger partial charge in [0.15, 0.2) is 0 Å². The van der Waals surface area contributed by atoms with E-state index < -0.39 is 0 Å². The molecular formula is C21H22N4O2S. The summed E-state index contributed by atoms with van der Waals surface area (Å²) in [5.74, 6) is 0.762. The Balaban J connectivity index is 1.24. The second-order valence-electron chi connectivity index (χ2n) is 7.56. The van der Waals surface area contributed by atoms with Gasteiger partial charge in [0.1, 0.15) is 11.3 Å². The standard InChI is InChI=1S/C21H22N4O2S/c1-14-19(25-7-3-2-6-18(25)22-14)21(27)24-10-8-23(9-11-24)20(26)16-13-15(16)17-5-4-12-28-17/h2-7,12,15-16H,8-11,13H2,1H3. The van der Waals surface area contributed by atoms with Crippen molar-refractivity contribution < 1.29 is 9.59 Å². The number of hydrogen-bond acceptors (Lipinski definition) is 4. The maximum Gasteiger partial charge on any atom is 0.272 e. The van der Waals surface area contributed by atoms with Crippen LogP contribution >= 0.6 is 11.3 Å². The molecule has 3 aromatic rings. The first-order chi connectivity index (χ1) is 13.6. The summed E-state index contributed by atoms with van der Waals surface area (Å²) in [6.07, 6.45) is 2.83. The molecule has 2 aliphatic rings. The number of imidazole rings is 1. The number of pyridine rings is 1. The SMILES string of the molecule is Cc1nc2ccccn2c1C(=O)N1CCN(C(=O)C2CC2c2cccs2)CC1. The average Bonchev–Trinajstić information content (AvgIpc) is 3.17. The molecule has 1 aliphatic carbocycles. The molecule has 0 spiro atoms. The number of piperazine rings is 1. The van der Waals surface area contributed by atoms with Gasteiger partial charge in [-0.15, -0.1) is 11.3 Å². The van der Waals surface area contributed by atoms with Crippen molar-refractivity contribution in [3.8, 4) is 0 Å². The highest BCUT2D eigenvalue weighted by Crippen LogP contribution is 2.50. The summed E-state index contributed by atoms with van der Waals surface area (Å²) < 4.78 is 1.85. The molecule has 3 aromatic heterocycles. The topological polar surface area (TPSA) is 57.9 Å². The summed E-state index contributed by atoms with van der Waals surface area (Å²) in [5, 5.41) is 2.07. The Morgan fingerprint density at radius 2 is 1.86 bits per heavy atom. The number of thiophene rings is 1. The number of amides is 2. The summed E-state index contributed by atoms with van der Waals surface area (Å²) in [7, 11) is 0. The molecule has 6 nitrogen and oxygen atoms in total. The van der Waals surface area contributed by atoms with Crippen molar-refractivity contribution >= 4 is 28.8 Å². The predicted octanol–water partition coefficient (Wildman–Crippen LogP) is 2.79. The number of rotatable bonds is 3. The minimum atomic E-state index is -0.00816. The van der Waals surface area contributed by atoms with Crippen LogP contribution in [0.4, 0.5) is 0 Å². The third-order valence-corrected chi connectivity index (χ3v) is 6.81. The van der Waals surface area contributed by atoms with Gasteiger partial charge in [-0.1, -0.05) is 12.1 Å². The van der Waals surface area contributed by atoms with E-state index in [0.29, 0.717) is 37.8 Å². The zero-order chi connectivity index (χ0) is 19.3. The number of hydrogen-bond donors (Lipinski definition) is 0. The summed E-state index contributed by atoms with van der Waals surface area (Å²) >= 11 is 1.73. The van der Waals surface area contributed by atoms with Crippen LogP contribution in [-0.4, -0.2) is 57.2 Å². The Morgan fingerprint density at radius 1 is 1.07 bits per heavy atom. The predicted molar refractivity (Wildman–Crippen MR) is 108 cm³/mol. The van der Waals surface area contributed by atoms with Gasteiger partial charge in [-0.2, -0.15) is 0 Å². The zero-order valence-electron chi connectivity index (χ0n) is 15.7. The smallest absolute Gasteiger partial charge is 0.272 e.